The lowest BCUT2D eigenvalue weighted by Crippen LogP contribution is -2.14. The van der Waals surface area contributed by atoms with Crippen LogP contribution in [0.25, 0.3) is 109 Å². The Morgan fingerprint density at radius 3 is 1.30 bits per heavy atom. The molecule has 0 unspecified atom stereocenters. The molecule has 0 atom stereocenters. The molecule has 16 rings (SSSR count). The Hall–Kier alpha value is -10.0. The van der Waals surface area contributed by atoms with E-state index < -0.39 is 0 Å². The average molecular weight is 1010 g/mol. The Morgan fingerprint density at radius 2 is 0.671 bits per heavy atom. The molecular weight excluding hydrogens is 953 g/mol. The highest BCUT2D eigenvalue weighted by Gasteiger charge is 2.36. The van der Waals surface area contributed by atoms with Gasteiger partial charge in [-0.25, -0.2) is 0 Å². The van der Waals surface area contributed by atoms with Gasteiger partial charge in [0.25, 0.3) is 0 Å². The molecule has 0 saturated carbocycles. The van der Waals surface area contributed by atoms with E-state index in [4.69, 9.17) is 0 Å². The minimum absolute atomic E-state index is 0.191. The van der Waals surface area contributed by atoms with E-state index in [1.807, 2.05) is 0 Å². The fourth-order valence-corrected chi connectivity index (χ4v) is 13.6. The third-order valence-corrected chi connectivity index (χ3v) is 17.3. The second-order valence-corrected chi connectivity index (χ2v) is 22.0. The molecular formula is C77H52N2. The van der Waals surface area contributed by atoms with Crippen LogP contribution in [-0.4, -0.2) is 0 Å². The van der Waals surface area contributed by atoms with E-state index in [0.29, 0.717) is 0 Å². The summed E-state index contributed by atoms with van der Waals surface area (Å²) in [6.07, 6.45) is 0. The Balaban J connectivity index is 1.04. The summed E-state index contributed by atoms with van der Waals surface area (Å²) < 4.78 is 0. The van der Waals surface area contributed by atoms with Gasteiger partial charge in [-0.1, -0.05) is 214 Å². The smallest absolute Gasteiger partial charge is 0.0468 e. The zero-order chi connectivity index (χ0) is 52.3. The van der Waals surface area contributed by atoms with E-state index >= 15 is 0 Å². The van der Waals surface area contributed by atoms with Crippen LogP contribution in [-0.2, 0) is 5.41 Å². The Kier molecular flexibility index (Phi) is 10.0. The van der Waals surface area contributed by atoms with E-state index in [-0.39, 0.29) is 5.41 Å². The van der Waals surface area contributed by atoms with E-state index in [9.17, 15) is 0 Å². The first-order valence-corrected chi connectivity index (χ1v) is 27.6. The van der Waals surface area contributed by atoms with Crippen molar-refractivity contribution in [2.45, 2.75) is 19.3 Å². The lowest BCUT2D eigenvalue weighted by molar-refractivity contribution is 0.660. The number of rotatable bonds is 8. The lowest BCUT2D eigenvalue weighted by Gasteiger charge is -2.29. The number of hydrogen-bond acceptors (Lipinski definition) is 2. The molecule has 0 aliphatic heterocycles. The molecule has 0 heterocycles. The van der Waals surface area contributed by atoms with Crippen molar-refractivity contribution in [2.24, 2.45) is 0 Å². The zero-order valence-electron chi connectivity index (χ0n) is 44.0. The van der Waals surface area contributed by atoms with Crippen LogP contribution in [0.4, 0.5) is 34.1 Å². The number of hydrogen-bond donors (Lipinski definition) is 0. The Labute approximate surface area is 459 Å². The SMILES string of the molecule is CC1(C)c2ccccc2-c2ccc(-c3c4cc(N(c5ccccc5)c5ccc6ccccc6c5)ccc4c(-c4ccc5ccc6cccc7ccc4c5c67)c4cc(N(c5ccccc5)c5ccc6ccccc6c5)ccc34)cc21. The molecule has 0 radical (unpaired) electrons. The van der Waals surface area contributed by atoms with Crippen molar-refractivity contribution < 1.29 is 0 Å². The molecule has 0 bridgehead atoms. The van der Waals surface area contributed by atoms with Crippen LogP contribution in [0.2, 0.25) is 0 Å². The van der Waals surface area contributed by atoms with Gasteiger partial charge in [-0.3, -0.25) is 0 Å². The maximum Gasteiger partial charge on any atom is 0.0468 e. The molecule has 15 aromatic carbocycles. The lowest BCUT2D eigenvalue weighted by atomic mass is 9.80. The summed E-state index contributed by atoms with van der Waals surface area (Å²) in [6.45, 7) is 4.79. The van der Waals surface area contributed by atoms with Crippen LogP contribution in [0.1, 0.15) is 25.0 Å². The van der Waals surface area contributed by atoms with Crippen LogP contribution < -0.4 is 9.80 Å². The van der Waals surface area contributed by atoms with Crippen molar-refractivity contribution >= 4 is 110 Å². The molecule has 0 N–H and O–H groups in total. The fourth-order valence-electron chi connectivity index (χ4n) is 13.6. The molecule has 370 valence electrons. The molecule has 0 amide bonds. The predicted octanol–water partition coefficient (Wildman–Crippen LogP) is 21.8. The highest BCUT2D eigenvalue weighted by Crippen LogP contribution is 2.54. The maximum atomic E-state index is 2.52. The van der Waals surface area contributed by atoms with E-state index in [1.165, 1.54) is 120 Å². The summed E-state index contributed by atoms with van der Waals surface area (Å²) in [6, 6.07) is 104. The van der Waals surface area contributed by atoms with Crippen molar-refractivity contribution in [3.63, 3.8) is 0 Å². The van der Waals surface area contributed by atoms with E-state index in [0.717, 1.165) is 34.1 Å². The third kappa shape index (κ3) is 7.04. The average Bonchev–Trinajstić information content (AvgIpc) is 3.85. The highest BCUT2D eigenvalue weighted by atomic mass is 15.1. The first-order chi connectivity index (χ1) is 38.9. The molecule has 79 heavy (non-hydrogen) atoms. The molecule has 2 nitrogen and oxygen atoms in total. The van der Waals surface area contributed by atoms with Gasteiger partial charge in [0.2, 0.25) is 0 Å². The van der Waals surface area contributed by atoms with E-state index in [1.54, 1.807) is 0 Å². The van der Waals surface area contributed by atoms with Gasteiger partial charge in [-0.15, -0.1) is 0 Å². The number of fused-ring (bicyclic) bond motifs is 7. The van der Waals surface area contributed by atoms with Crippen LogP contribution in [0.15, 0.2) is 279 Å². The van der Waals surface area contributed by atoms with Gasteiger partial charge in [0.05, 0.1) is 0 Å². The van der Waals surface area contributed by atoms with Crippen molar-refractivity contribution in [3.8, 4) is 33.4 Å². The molecule has 0 aromatic heterocycles. The summed E-state index contributed by atoms with van der Waals surface area (Å²) in [4.78, 5) is 4.87. The second-order valence-electron chi connectivity index (χ2n) is 22.0. The van der Waals surface area contributed by atoms with Gasteiger partial charge in [-0.05, 0) is 199 Å². The largest absolute Gasteiger partial charge is 0.310 e. The van der Waals surface area contributed by atoms with Crippen molar-refractivity contribution in [2.75, 3.05) is 9.80 Å². The van der Waals surface area contributed by atoms with Crippen LogP contribution in [0.5, 0.6) is 0 Å². The first-order valence-electron chi connectivity index (χ1n) is 27.6. The number of para-hydroxylation sites is 2. The summed E-state index contributed by atoms with van der Waals surface area (Å²) in [5, 5.41) is 17.3. The number of nitrogens with zero attached hydrogens (tertiary/aromatic N) is 2. The van der Waals surface area contributed by atoms with Crippen molar-refractivity contribution in [1.82, 2.24) is 0 Å². The molecule has 1 aliphatic carbocycles. The fraction of sp³-hybridized carbons (Fsp3) is 0.0390. The van der Waals surface area contributed by atoms with Gasteiger partial charge < -0.3 is 9.80 Å². The Bertz CT molecular complexity index is 4920. The maximum absolute atomic E-state index is 2.52. The minimum atomic E-state index is -0.191. The summed E-state index contributed by atoms with van der Waals surface area (Å²) >= 11 is 0. The zero-order valence-corrected chi connectivity index (χ0v) is 44.0. The van der Waals surface area contributed by atoms with Gasteiger partial charge in [-0.2, -0.15) is 0 Å². The Morgan fingerprint density at radius 1 is 0.241 bits per heavy atom. The van der Waals surface area contributed by atoms with Gasteiger partial charge >= 0.3 is 0 Å². The summed E-state index contributed by atoms with van der Waals surface area (Å²) in [5.41, 5.74) is 16.6. The second kappa shape index (κ2) is 17.5. The van der Waals surface area contributed by atoms with Gasteiger partial charge in [0.1, 0.15) is 0 Å². The molecule has 15 aromatic rings. The summed E-state index contributed by atoms with van der Waals surface area (Å²) in [7, 11) is 0. The molecule has 0 saturated heterocycles. The van der Waals surface area contributed by atoms with E-state index in [2.05, 4.69) is 303 Å². The third-order valence-electron chi connectivity index (χ3n) is 17.3. The monoisotopic (exact) mass is 1000 g/mol. The molecule has 1 aliphatic rings. The van der Waals surface area contributed by atoms with Gasteiger partial charge in [0, 0.05) is 39.5 Å². The molecule has 0 spiro atoms. The van der Waals surface area contributed by atoms with Crippen LogP contribution in [0, 0.1) is 0 Å². The predicted molar refractivity (Wildman–Crippen MR) is 338 cm³/mol. The minimum Gasteiger partial charge on any atom is -0.310 e. The van der Waals surface area contributed by atoms with Crippen molar-refractivity contribution in [1.29, 1.82) is 0 Å². The number of benzene rings is 15. The highest BCUT2D eigenvalue weighted by molar-refractivity contribution is 6.30. The van der Waals surface area contributed by atoms with Crippen molar-refractivity contribution in [3.05, 3.63) is 290 Å². The molecule has 0 fully saturated rings. The van der Waals surface area contributed by atoms with Crippen LogP contribution >= 0.6 is 0 Å². The van der Waals surface area contributed by atoms with Gasteiger partial charge in [0.15, 0.2) is 0 Å². The molecule has 2 heteroatoms. The normalized spacial score (nSPS) is 12.8. The number of anilines is 6. The topological polar surface area (TPSA) is 6.48 Å². The van der Waals surface area contributed by atoms with Crippen LogP contribution in [0.3, 0.4) is 0 Å². The first kappa shape index (κ1) is 45.2. The summed E-state index contributed by atoms with van der Waals surface area (Å²) in [5.74, 6) is 0. The quantitative estimate of drug-likeness (QED) is 0.111. The standard InChI is InChI=1S/C77H52N2/c1-77(2)71-27-14-13-26-63(71)64-39-34-56(46-72(64)77)74-67-42-37-62(79(58-24-7-4-8-25-58)60-36-31-50-17-10-12-19-55(50)45-60)48-70(67)76(66-41-33-53-29-28-51-20-15-21-52-32-40-65(66)75(53)73(51)52)68-43-38-61(47-69(68)74)78(57-22-5-3-6-23-57)59-35-30-49-16-9-11-18-54(49)44-59/h3-48H,1-2H3.